The number of halogens is 4. The molecule has 2 rings (SSSR count). The largest absolute Gasteiger partial charge is 0.507 e. The van der Waals surface area contributed by atoms with Crippen molar-refractivity contribution in [2.75, 3.05) is 0 Å². The van der Waals surface area contributed by atoms with E-state index in [1.54, 1.807) is 0 Å². The maximum atomic E-state index is 12.8. The van der Waals surface area contributed by atoms with Gasteiger partial charge >= 0.3 is 12.1 Å². The first-order valence-electron chi connectivity index (χ1n) is 5.64. The number of carboxylic acids is 1. The van der Waals surface area contributed by atoms with Gasteiger partial charge in [0.2, 0.25) is 0 Å². The van der Waals surface area contributed by atoms with Crippen LogP contribution < -0.4 is 0 Å². The van der Waals surface area contributed by atoms with Gasteiger partial charge in [-0.25, -0.2) is 4.79 Å². The fraction of sp³-hybridized carbons (Fsp3) is 0.0714. The fourth-order valence-electron chi connectivity index (χ4n) is 1.92. The van der Waals surface area contributed by atoms with Crippen molar-refractivity contribution in [2.45, 2.75) is 6.18 Å². The number of carbonyl (C=O) groups is 1. The van der Waals surface area contributed by atoms with Gasteiger partial charge in [-0.05, 0) is 29.8 Å². The van der Waals surface area contributed by atoms with Gasteiger partial charge in [-0.15, -0.1) is 0 Å². The summed E-state index contributed by atoms with van der Waals surface area (Å²) in [7, 11) is 0. The lowest BCUT2D eigenvalue weighted by molar-refractivity contribution is -0.137. The van der Waals surface area contributed by atoms with Crippen LogP contribution in [0.4, 0.5) is 13.2 Å². The van der Waals surface area contributed by atoms with Crippen LogP contribution in [0.15, 0.2) is 36.4 Å². The van der Waals surface area contributed by atoms with Crippen LogP contribution in [0.3, 0.4) is 0 Å². The lowest BCUT2D eigenvalue weighted by Crippen LogP contribution is -2.06. The summed E-state index contributed by atoms with van der Waals surface area (Å²) >= 11 is 5.51. The zero-order valence-corrected chi connectivity index (χ0v) is 11.0. The number of phenols is 1. The summed E-state index contributed by atoms with van der Waals surface area (Å²) in [5.41, 5.74) is -1.67. The molecule has 0 atom stereocenters. The van der Waals surface area contributed by atoms with E-state index in [1.807, 2.05) is 0 Å². The van der Waals surface area contributed by atoms with Gasteiger partial charge in [0.1, 0.15) is 5.75 Å². The lowest BCUT2D eigenvalue weighted by atomic mass is 9.97. The molecule has 2 N–H and O–H groups in total. The Kier molecular flexibility index (Phi) is 3.82. The van der Waals surface area contributed by atoms with E-state index < -0.39 is 28.5 Å². The standard InChI is InChI=1S/C14H8ClF3O3/c15-10-5-4-7(6-9(10)14(16,17)18)12-8(13(20)21)2-1-3-11(12)19/h1-6,19H,(H,20,21). The Labute approximate surface area is 122 Å². The molecular formula is C14H8ClF3O3. The predicted octanol–water partition coefficient (Wildman–Crippen LogP) is 4.43. The number of hydrogen-bond donors (Lipinski definition) is 2. The molecule has 0 unspecified atom stereocenters. The summed E-state index contributed by atoms with van der Waals surface area (Å²) in [6.07, 6.45) is -4.68. The van der Waals surface area contributed by atoms with Gasteiger partial charge < -0.3 is 10.2 Å². The molecule has 2 aromatic rings. The van der Waals surface area contributed by atoms with Crippen LogP contribution in [0.5, 0.6) is 5.75 Å². The molecule has 3 nitrogen and oxygen atoms in total. The van der Waals surface area contributed by atoms with Crippen molar-refractivity contribution in [1.82, 2.24) is 0 Å². The van der Waals surface area contributed by atoms with Gasteiger partial charge in [-0.3, -0.25) is 0 Å². The summed E-state index contributed by atoms with van der Waals surface area (Å²) in [5, 5.41) is 18.4. The number of aromatic carboxylic acids is 1. The molecule has 0 aliphatic heterocycles. The van der Waals surface area contributed by atoms with Crippen molar-refractivity contribution < 1.29 is 28.2 Å². The summed E-state index contributed by atoms with van der Waals surface area (Å²) in [4.78, 5) is 11.1. The van der Waals surface area contributed by atoms with E-state index >= 15 is 0 Å². The quantitative estimate of drug-likeness (QED) is 0.861. The Hall–Kier alpha value is -2.21. The smallest absolute Gasteiger partial charge is 0.417 e. The molecule has 0 saturated carbocycles. The maximum Gasteiger partial charge on any atom is 0.417 e. The van der Waals surface area contributed by atoms with Crippen molar-refractivity contribution in [3.8, 4) is 16.9 Å². The van der Waals surface area contributed by atoms with Crippen molar-refractivity contribution in [3.05, 3.63) is 52.5 Å². The molecule has 7 heteroatoms. The predicted molar refractivity (Wildman–Crippen MR) is 70.5 cm³/mol. The Morgan fingerprint density at radius 3 is 2.38 bits per heavy atom. The topological polar surface area (TPSA) is 57.5 Å². The van der Waals surface area contributed by atoms with E-state index in [1.165, 1.54) is 24.3 Å². The first kappa shape index (κ1) is 15.2. The molecule has 0 amide bonds. The van der Waals surface area contributed by atoms with Gasteiger partial charge in [-0.1, -0.05) is 23.7 Å². The Bertz CT molecular complexity index is 711. The highest BCUT2D eigenvalue weighted by molar-refractivity contribution is 6.31. The molecule has 0 aliphatic rings. The molecule has 0 aromatic heterocycles. The minimum absolute atomic E-state index is 0.0813. The third-order valence-corrected chi connectivity index (χ3v) is 3.16. The number of phenolic OH excluding ortho intramolecular Hbond substituents is 1. The molecular weight excluding hydrogens is 309 g/mol. The summed E-state index contributed by atoms with van der Waals surface area (Å²) < 4.78 is 38.5. The zero-order valence-electron chi connectivity index (χ0n) is 10.3. The summed E-state index contributed by atoms with van der Waals surface area (Å²) in [6, 6.07) is 6.63. The molecule has 2 aromatic carbocycles. The third-order valence-electron chi connectivity index (χ3n) is 2.83. The molecule has 21 heavy (non-hydrogen) atoms. The van der Waals surface area contributed by atoms with Crippen LogP contribution in [-0.4, -0.2) is 16.2 Å². The fourth-order valence-corrected chi connectivity index (χ4v) is 2.14. The van der Waals surface area contributed by atoms with Gasteiger partial charge in [0.05, 0.1) is 16.1 Å². The SMILES string of the molecule is O=C(O)c1cccc(O)c1-c1ccc(Cl)c(C(F)(F)F)c1. The number of rotatable bonds is 2. The zero-order chi connectivity index (χ0) is 15.8. The first-order chi connectivity index (χ1) is 9.71. The maximum absolute atomic E-state index is 12.8. The van der Waals surface area contributed by atoms with E-state index in [0.717, 1.165) is 6.07 Å². The summed E-state index contributed by atoms with van der Waals surface area (Å²) in [5.74, 6) is -1.78. The van der Waals surface area contributed by atoms with Crippen molar-refractivity contribution in [3.63, 3.8) is 0 Å². The van der Waals surface area contributed by atoms with Gasteiger partial charge in [0, 0.05) is 5.56 Å². The van der Waals surface area contributed by atoms with Crippen molar-refractivity contribution >= 4 is 17.6 Å². The second kappa shape index (κ2) is 5.29. The molecule has 0 spiro atoms. The van der Waals surface area contributed by atoms with Gasteiger partial charge in [0.25, 0.3) is 0 Å². The highest BCUT2D eigenvalue weighted by Gasteiger charge is 2.33. The van der Waals surface area contributed by atoms with E-state index in [2.05, 4.69) is 0 Å². The molecule has 0 heterocycles. The van der Waals surface area contributed by atoms with Crippen LogP contribution in [0.1, 0.15) is 15.9 Å². The van der Waals surface area contributed by atoms with Gasteiger partial charge in [-0.2, -0.15) is 13.2 Å². The summed E-state index contributed by atoms with van der Waals surface area (Å²) in [6.45, 7) is 0. The van der Waals surface area contributed by atoms with Crippen LogP contribution in [0.25, 0.3) is 11.1 Å². The number of hydrogen-bond acceptors (Lipinski definition) is 2. The van der Waals surface area contributed by atoms with E-state index in [-0.39, 0.29) is 16.7 Å². The Morgan fingerprint density at radius 1 is 1.14 bits per heavy atom. The lowest BCUT2D eigenvalue weighted by Gasteiger charge is -2.13. The van der Waals surface area contributed by atoms with Crippen LogP contribution >= 0.6 is 11.6 Å². The van der Waals surface area contributed by atoms with E-state index in [9.17, 15) is 23.1 Å². The molecule has 0 aliphatic carbocycles. The normalized spacial score (nSPS) is 11.4. The van der Waals surface area contributed by atoms with Gasteiger partial charge in [0.15, 0.2) is 0 Å². The second-order valence-electron chi connectivity index (χ2n) is 4.20. The highest BCUT2D eigenvalue weighted by Crippen LogP contribution is 2.40. The molecule has 0 saturated heterocycles. The van der Waals surface area contributed by atoms with Crippen molar-refractivity contribution in [2.24, 2.45) is 0 Å². The Balaban J connectivity index is 2.72. The monoisotopic (exact) mass is 316 g/mol. The minimum atomic E-state index is -4.68. The average Bonchev–Trinajstić information content (AvgIpc) is 2.38. The number of carboxylic acid groups (broad SMARTS) is 1. The van der Waals surface area contributed by atoms with Crippen LogP contribution in [0.2, 0.25) is 5.02 Å². The number of benzene rings is 2. The first-order valence-corrected chi connectivity index (χ1v) is 6.02. The van der Waals surface area contributed by atoms with E-state index in [4.69, 9.17) is 16.7 Å². The molecule has 110 valence electrons. The molecule has 0 fully saturated rings. The number of aromatic hydroxyl groups is 1. The molecule has 0 radical (unpaired) electrons. The number of alkyl halides is 3. The van der Waals surface area contributed by atoms with E-state index in [0.29, 0.717) is 6.07 Å². The minimum Gasteiger partial charge on any atom is -0.507 e. The average molecular weight is 317 g/mol. The third kappa shape index (κ3) is 2.95. The van der Waals surface area contributed by atoms with Crippen LogP contribution in [0, 0.1) is 0 Å². The van der Waals surface area contributed by atoms with Crippen molar-refractivity contribution in [1.29, 1.82) is 0 Å². The molecule has 0 bridgehead atoms. The second-order valence-corrected chi connectivity index (χ2v) is 4.60. The highest BCUT2D eigenvalue weighted by atomic mass is 35.5. The Morgan fingerprint density at radius 2 is 1.81 bits per heavy atom. The van der Waals surface area contributed by atoms with Crippen LogP contribution in [-0.2, 0) is 6.18 Å².